The number of aliphatic hydroxyl groups is 1. The lowest BCUT2D eigenvalue weighted by molar-refractivity contribution is 0.227. The molecule has 0 aliphatic carbocycles. The van der Waals surface area contributed by atoms with Crippen molar-refractivity contribution in [1.82, 2.24) is 0 Å². The minimum Gasteiger partial charge on any atom is -0.475 e. The fraction of sp³-hybridized carbons (Fsp3) is 0.300. The van der Waals surface area contributed by atoms with Crippen LogP contribution in [0.3, 0.4) is 0 Å². The van der Waals surface area contributed by atoms with Crippen molar-refractivity contribution in [1.29, 1.82) is 0 Å². The van der Waals surface area contributed by atoms with Crippen LogP contribution in [0.5, 0.6) is 0 Å². The van der Waals surface area contributed by atoms with Gasteiger partial charge < -0.3 is 9.84 Å². The highest BCUT2D eigenvalue weighted by Crippen LogP contribution is 2.18. The van der Waals surface area contributed by atoms with E-state index in [1.54, 1.807) is 0 Å². The van der Waals surface area contributed by atoms with E-state index < -0.39 is 17.7 Å². The van der Waals surface area contributed by atoms with E-state index in [9.17, 15) is 8.78 Å². The molecule has 2 rings (SSSR count). The van der Waals surface area contributed by atoms with Gasteiger partial charge in [0.1, 0.15) is 29.8 Å². The highest BCUT2D eigenvalue weighted by atomic mass is 19.1. The SMILES string of the molecule is OCC1COC(c2c(F)cccc2F)=N1. The van der Waals surface area contributed by atoms with Crippen molar-refractivity contribution in [2.45, 2.75) is 6.04 Å². The van der Waals surface area contributed by atoms with E-state index in [0.29, 0.717) is 0 Å². The van der Waals surface area contributed by atoms with Crippen LogP contribution in [0.4, 0.5) is 8.78 Å². The van der Waals surface area contributed by atoms with Crippen molar-refractivity contribution in [3.8, 4) is 0 Å². The van der Waals surface area contributed by atoms with Crippen molar-refractivity contribution in [2.75, 3.05) is 13.2 Å². The van der Waals surface area contributed by atoms with Crippen LogP contribution >= 0.6 is 0 Å². The van der Waals surface area contributed by atoms with Crippen molar-refractivity contribution >= 4 is 5.90 Å². The van der Waals surface area contributed by atoms with Crippen LogP contribution in [0.1, 0.15) is 5.56 Å². The van der Waals surface area contributed by atoms with Crippen molar-refractivity contribution < 1.29 is 18.6 Å². The number of rotatable bonds is 2. The van der Waals surface area contributed by atoms with E-state index in [4.69, 9.17) is 9.84 Å². The second-order valence-corrected chi connectivity index (χ2v) is 3.18. The molecule has 0 aromatic heterocycles. The highest BCUT2D eigenvalue weighted by molar-refractivity contribution is 5.95. The average Bonchev–Trinajstić information content (AvgIpc) is 2.66. The van der Waals surface area contributed by atoms with Crippen LogP contribution in [-0.2, 0) is 4.74 Å². The number of benzene rings is 1. The van der Waals surface area contributed by atoms with Crippen LogP contribution in [0.2, 0.25) is 0 Å². The Labute approximate surface area is 85.0 Å². The Balaban J connectivity index is 2.38. The molecular weight excluding hydrogens is 204 g/mol. The van der Waals surface area contributed by atoms with E-state index in [1.807, 2.05) is 0 Å². The normalized spacial score (nSPS) is 19.9. The molecule has 1 aliphatic rings. The predicted molar refractivity (Wildman–Crippen MR) is 49.7 cm³/mol. The molecule has 1 aliphatic heterocycles. The van der Waals surface area contributed by atoms with Crippen molar-refractivity contribution in [2.24, 2.45) is 4.99 Å². The molecule has 80 valence electrons. The fourth-order valence-corrected chi connectivity index (χ4v) is 1.35. The molecule has 0 saturated heterocycles. The smallest absolute Gasteiger partial charge is 0.222 e. The molecule has 0 bridgehead atoms. The number of hydrogen-bond acceptors (Lipinski definition) is 3. The molecule has 0 amide bonds. The Morgan fingerprint density at radius 3 is 2.60 bits per heavy atom. The summed E-state index contributed by atoms with van der Waals surface area (Å²) in [6.45, 7) is -0.0425. The lowest BCUT2D eigenvalue weighted by atomic mass is 10.2. The van der Waals surface area contributed by atoms with Gasteiger partial charge in [-0.3, -0.25) is 0 Å². The Morgan fingerprint density at radius 2 is 2.07 bits per heavy atom. The first-order valence-corrected chi connectivity index (χ1v) is 4.48. The van der Waals surface area contributed by atoms with E-state index in [2.05, 4.69) is 4.99 Å². The molecule has 0 saturated carbocycles. The maximum Gasteiger partial charge on any atom is 0.222 e. The molecule has 1 atom stereocenters. The van der Waals surface area contributed by atoms with Crippen LogP contribution in [-0.4, -0.2) is 30.3 Å². The largest absolute Gasteiger partial charge is 0.475 e. The van der Waals surface area contributed by atoms with Gasteiger partial charge in [0.05, 0.1) is 6.61 Å². The number of halogens is 2. The van der Waals surface area contributed by atoms with Gasteiger partial charge in [-0.05, 0) is 12.1 Å². The molecule has 0 fully saturated rings. The summed E-state index contributed by atoms with van der Waals surface area (Å²) in [6, 6.07) is 3.11. The summed E-state index contributed by atoms with van der Waals surface area (Å²) in [7, 11) is 0. The lowest BCUT2D eigenvalue weighted by Gasteiger charge is -2.03. The number of aliphatic imine (C=N–C) groups is 1. The van der Waals surface area contributed by atoms with Gasteiger partial charge in [-0.1, -0.05) is 6.07 Å². The number of nitrogens with zero attached hydrogens (tertiary/aromatic N) is 1. The standard InChI is InChI=1S/C10H9F2NO2/c11-7-2-1-3-8(12)9(7)10-13-6(4-14)5-15-10/h1-3,6,14H,4-5H2. The molecule has 1 aromatic rings. The lowest BCUT2D eigenvalue weighted by Crippen LogP contribution is -2.10. The minimum absolute atomic E-state index is 0.0790. The Kier molecular flexibility index (Phi) is 2.64. The first kappa shape index (κ1) is 10.0. The maximum atomic E-state index is 13.3. The molecule has 1 unspecified atom stereocenters. The van der Waals surface area contributed by atoms with Gasteiger partial charge in [0, 0.05) is 0 Å². The summed E-state index contributed by atoms with van der Waals surface area (Å²) >= 11 is 0. The maximum absolute atomic E-state index is 13.3. The van der Waals surface area contributed by atoms with Crippen molar-refractivity contribution in [3.05, 3.63) is 35.4 Å². The molecule has 3 nitrogen and oxygen atoms in total. The third-order valence-corrected chi connectivity index (χ3v) is 2.10. The number of ether oxygens (including phenoxy) is 1. The topological polar surface area (TPSA) is 41.8 Å². The van der Waals surface area contributed by atoms with Crippen LogP contribution in [0.15, 0.2) is 23.2 Å². The zero-order valence-corrected chi connectivity index (χ0v) is 7.78. The molecule has 1 N–H and O–H groups in total. The number of hydrogen-bond donors (Lipinski definition) is 1. The molecule has 0 radical (unpaired) electrons. The molecule has 15 heavy (non-hydrogen) atoms. The van der Waals surface area contributed by atoms with Gasteiger partial charge in [-0.15, -0.1) is 0 Å². The molecule has 1 aromatic carbocycles. The van der Waals surface area contributed by atoms with Crippen LogP contribution in [0, 0.1) is 11.6 Å². The first-order valence-electron chi connectivity index (χ1n) is 4.48. The third kappa shape index (κ3) is 1.83. The molecular formula is C10H9F2NO2. The minimum atomic E-state index is -0.715. The van der Waals surface area contributed by atoms with Gasteiger partial charge in [-0.25, -0.2) is 13.8 Å². The summed E-state index contributed by atoms with van der Waals surface area (Å²) in [5, 5.41) is 8.79. The fourth-order valence-electron chi connectivity index (χ4n) is 1.35. The van der Waals surface area contributed by atoms with Gasteiger partial charge >= 0.3 is 0 Å². The van der Waals surface area contributed by atoms with E-state index in [-0.39, 0.29) is 24.7 Å². The zero-order valence-electron chi connectivity index (χ0n) is 7.78. The van der Waals surface area contributed by atoms with Crippen LogP contribution in [0.25, 0.3) is 0 Å². The Bertz CT molecular complexity index is 386. The third-order valence-electron chi connectivity index (χ3n) is 2.10. The number of aliphatic hydroxyl groups excluding tert-OH is 1. The molecule has 1 heterocycles. The zero-order chi connectivity index (χ0) is 10.8. The quantitative estimate of drug-likeness (QED) is 0.799. The van der Waals surface area contributed by atoms with E-state index in [1.165, 1.54) is 6.07 Å². The molecule has 5 heteroatoms. The Morgan fingerprint density at radius 1 is 1.40 bits per heavy atom. The molecule has 0 spiro atoms. The monoisotopic (exact) mass is 213 g/mol. The summed E-state index contributed by atoms with van der Waals surface area (Å²) in [4.78, 5) is 3.86. The van der Waals surface area contributed by atoms with Gasteiger partial charge in [0.15, 0.2) is 0 Å². The second kappa shape index (κ2) is 3.94. The van der Waals surface area contributed by atoms with Gasteiger partial charge in [0.2, 0.25) is 5.90 Å². The first-order chi connectivity index (χ1) is 7.22. The summed E-state index contributed by atoms with van der Waals surface area (Å²) in [5.74, 6) is -1.51. The highest BCUT2D eigenvalue weighted by Gasteiger charge is 2.24. The van der Waals surface area contributed by atoms with E-state index in [0.717, 1.165) is 12.1 Å². The van der Waals surface area contributed by atoms with Gasteiger partial charge in [-0.2, -0.15) is 0 Å². The van der Waals surface area contributed by atoms with Crippen LogP contribution < -0.4 is 0 Å². The Hall–Kier alpha value is -1.49. The van der Waals surface area contributed by atoms with Crippen molar-refractivity contribution in [3.63, 3.8) is 0 Å². The summed E-state index contributed by atoms with van der Waals surface area (Å²) in [5.41, 5.74) is -0.270. The van der Waals surface area contributed by atoms with Gasteiger partial charge in [0.25, 0.3) is 0 Å². The summed E-state index contributed by atoms with van der Waals surface area (Å²) < 4.78 is 31.6. The predicted octanol–water partition coefficient (Wildman–Crippen LogP) is 1.10. The summed E-state index contributed by atoms with van der Waals surface area (Å²) in [6.07, 6.45) is 0. The average molecular weight is 213 g/mol. The second-order valence-electron chi connectivity index (χ2n) is 3.18. The van der Waals surface area contributed by atoms with E-state index >= 15 is 0 Å².